The van der Waals surface area contributed by atoms with E-state index in [0.29, 0.717) is 24.3 Å². The highest BCUT2D eigenvalue weighted by Gasteiger charge is 2.28. The van der Waals surface area contributed by atoms with Gasteiger partial charge in [0.1, 0.15) is 0 Å². The van der Waals surface area contributed by atoms with E-state index in [4.69, 9.17) is 11.5 Å². The van der Waals surface area contributed by atoms with Crippen molar-refractivity contribution in [1.29, 1.82) is 0 Å². The van der Waals surface area contributed by atoms with Gasteiger partial charge in [-0.1, -0.05) is 0 Å². The molecule has 21 heavy (non-hydrogen) atoms. The molecule has 0 spiro atoms. The number of hydrogen-bond donors (Lipinski definition) is 3. The summed E-state index contributed by atoms with van der Waals surface area (Å²) < 4.78 is 0. The van der Waals surface area contributed by atoms with Crippen molar-refractivity contribution in [2.24, 2.45) is 11.7 Å². The molecule has 1 aromatic carbocycles. The number of H-pyrrole nitrogens is 1. The first-order chi connectivity index (χ1) is 10.1. The summed E-state index contributed by atoms with van der Waals surface area (Å²) in [7, 11) is 0. The molecular weight excluding hydrogens is 268 g/mol. The number of piperidine rings is 1. The Hall–Kier alpha value is -2.50. The number of carbonyl (C=O) groups is 2. The Bertz CT molecular complexity index is 707. The van der Waals surface area contributed by atoms with Gasteiger partial charge in [-0.15, -0.1) is 0 Å². The predicted octanol–water partition coefficient (Wildman–Crippen LogP) is 1.09. The molecule has 0 saturated carbocycles. The van der Waals surface area contributed by atoms with Gasteiger partial charge in [0.25, 0.3) is 5.91 Å². The Labute approximate surface area is 122 Å². The number of anilines is 1. The molecule has 1 aliphatic heterocycles. The molecule has 1 aliphatic rings. The number of nitrogens with two attached hydrogens (primary N) is 2. The highest BCUT2D eigenvalue weighted by molar-refractivity contribution is 6.07. The van der Waals surface area contributed by atoms with Crippen molar-refractivity contribution in [2.45, 2.75) is 12.8 Å². The van der Waals surface area contributed by atoms with Crippen LogP contribution in [0.3, 0.4) is 0 Å². The SMILES string of the molecule is NC(=O)C1CCCN(C(=O)c2c[nH]c3cc(N)ccc23)C1. The maximum absolute atomic E-state index is 12.7. The van der Waals surface area contributed by atoms with Crippen molar-refractivity contribution in [3.8, 4) is 0 Å². The summed E-state index contributed by atoms with van der Waals surface area (Å²) >= 11 is 0. The summed E-state index contributed by atoms with van der Waals surface area (Å²) in [6, 6.07) is 5.41. The third kappa shape index (κ3) is 2.44. The fourth-order valence-electron chi connectivity index (χ4n) is 2.88. The molecule has 6 nitrogen and oxygen atoms in total. The molecule has 110 valence electrons. The second-order valence-electron chi connectivity index (χ2n) is 5.50. The zero-order valence-corrected chi connectivity index (χ0v) is 11.6. The van der Waals surface area contributed by atoms with Gasteiger partial charge in [-0.3, -0.25) is 9.59 Å². The molecule has 2 heterocycles. The number of aromatic nitrogens is 1. The summed E-state index contributed by atoms with van der Waals surface area (Å²) in [6.45, 7) is 1.06. The zero-order chi connectivity index (χ0) is 15.0. The van der Waals surface area contributed by atoms with Crippen LogP contribution in [0.15, 0.2) is 24.4 Å². The molecular formula is C15H18N4O2. The van der Waals surface area contributed by atoms with E-state index in [1.807, 2.05) is 6.07 Å². The number of hydrogen-bond acceptors (Lipinski definition) is 3. The smallest absolute Gasteiger partial charge is 0.256 e. The van der Waals surface area contributed by atoms with Gasteiger partial charge in [-0.2, -0.15) is 0 Å². The van der Waals surface area contributed by atoms with Crippen LogP contribution in [-0.4, -0.2) is 34.8 Å². The van der Waals surface area contributed by atoms with Gasteiger partial charge < -0.3 is 21.4 Å². The molecule has 3 rings (SSSR count). The third-order valence-corrected chi connectivity index (χ3v) is 4.05. The van der Waals surface area contributed by atoms with Crippen molar-refractivity contribution in [3.63, 3.8) is 0 Å². The minimum atomic E-state index is -0.334. The average Bonchev–Trinajstić information content (AvgIpc) is 2.89. The summed E-state index contributed by atoms with van der Waals surface area (Å²) in [5.74, 6) is -0.653. The highest BCUT2D eigenvalue weighted by Crippen LogP contribution is 2.24. The second-order valence-corrected chi connectivity index (χ2v) is 5.50. The van der Waals surface area contributed by atoms with Gasteiger partial charge in [0.2, 0.25) is 5.91 Å². The Morgan fingerprint density at radius 2 is 2.14 bits per heavy atom. The predicted molar refractivity (Wildman–Crippen MR) is 80.5 cm³/mol. The van der Waals surface area contributed by atoms with Gasteiger partial charge in [-0.25, -0.2) is 0 Å². The molecule has 0 aliphatic carbocycles. The number of carbonyl (C=O) groups excluding carboxylic acids is 2. The van der Waals surface area contributed by atoms with Crippen LogP contribution in [0.2, 0.25) is 0 Å². The standard InChI is InChI=1S/C15H18N4O2/c16-10-3-4-11-12(7-18-13(11)6-10)15(21)19-5-1-2-9(8-19)14(17)20/h3-4,6-7,9,18H,1-2,5,8,16H2,(H2,17,20). The lowest BCUT2D eigenvalue weighted by molar-refractivity contribution is -0.123. The Balaban J connectivity index is 1.88. The van der Waals surface area contributed by atoms with Crippen LogP contribution in [0.4, 0.5) is 5.69 Å². The summed E-state index contributed by atoms with van der Waals surface area (Å²) in [6.07, 6.45) is 3.25. The quantitative estimate of drug-likeness (QED) is 0.719. The number of amides is 2. The number of nitrogens with zero attached hydrogens (tertiary/aromatic N) is 1. The average molecular weight is 286 g/mol. The van der Waals surface area contributed by atoms with Gasteiger partial charge in [0.15, 0.2) is 0 Å². The maximum atomic E-state index is 12.7. The van der Waals surface area contributed by atoms with Crippen molar-refractivity contribution < 1.29 is 9.59 Å². The van der Waals surface area contributed by atoms with E-state index in [0.717, 1.165) is 23.7 Å². The van der Waals surface area contributed by atoms with E-state index in [1.165, 1.54) is 0 Å². The third-order valence-electron chi connectivity index (χ3n) is 4.05. The minimum absolute atomic E-state index is 0.0722. The largest absolute Gasteiger partial charge is 0.399 e. The lowest BCUT2D eigenvalue weighted by Gasteiger charge is -2.31. The van der Waals surface area contributed by atoms with Crippen LogP contribution < -0.4 is 11.5 Å². The number of nitrogens with one attached hydrogen (secondary N) is 1. The number of aromatic amines is 1. The van der Waals surface area contributed by atoms with E-state index in [-0.39, 0.29) is 17.7 Å². The van der Waals surface area contributed by atoms with Gasteiger partial charge in [0.05, 0.1) is 11.5 Å². The summed E-state index contributed by atoms with van der Waals surface area (Å²) in [4.78, 5) is 28.7. The van der Waals surface area contributed by atoms with Gasteiger partial charge >= 0.3 is 0 Å². The fourth-order valence-corrected chi connectivity index (χ4v) is 2.88. The molecule has 1 aromatic heterocycles. The number of likely N-dealkylation sites (tertiary alicyclic amines) is 1. The molecule has 5 N–H and O–H groups in total. The van der Waals surface area contributed by atoms with Crippen LogP contribution in [-0.2, 0) is 4.79 Å². The molecule has 2 amide bonds. The number of fused-ring (bicyclic) bond motifs is 1. The van der Waals surface area contributed by atoms with E-state index >= 15 is 0 Å². The Morgan fingerprint density at radius 3 is 2.90 bits per heavy atom. The normalized spacial score (nSPS) is 18.9. The van der Waals surface area contributed by atoms with Crippen LogP contribution in [0.1, 0.15) is 23.2 Å². The Kier molecular flexibility index (Phi) is 3.29. The number of nitrogen functional groups attached to an aromatic ring is 1. The number of benzene rings is 1. The van der Waals surface area contributed by atoms with E-state index in [2.05, 4.69) is 4.98 Å². The van der Waals surface area contributed by atoms with Crippen molar-refractivity contribution in [3.05, 3.63) is 30.0 Å². The molecule has 1 saturated heterocycles. The molecule has 1 unspecified atom stereocenters. The van der Waals surface area contributed by atoms with Gasteiger partial charge in [0, 0.05) is 35.9 Å². The zero-order valence-electron chi connectivity index (χ0n) is 11.6. The lowest BCUT2D eigenvalue weighted by atomic mass is 9.97. The first kappa shape index (κ1) is 13.5. The van der Waals surface area contributed by atoms with E-state index in [1.54, 1.807) is 23.2 Å². The van der Waals surface area contributed by atoms with Crippen LogP contribution in [0, 0.1) is 5.92 Å². The van der Waals surface area contributed by atoms with Crippen LogP contribution >= 0.6 is 0 Å². The molecule has 6 heteroatoms. The molecule has 0 radical (unpaired) electrons. The fraction of sp³-hybridized carbons (Fsp3) is 0.333. The molecule has 0 bridgehead atoms. The molecule has 1 atom stereocenters. The number of primary amides is 1. The van der Waals surface area contributed by atoms with Crippen LogP contribution in [0.5, 0.6) is 0 Å². The topological polar surface area (TPSA) is 105 Å². The monoisotopic (exact) mass is 286 g/mol. The second kappa shape index (κ2) is 5.12. The maximum Gasteiger partial charge on any atom is 0.256 e. The van der Waals surface area contributed by atoms with Crippen molar-refractivity contribution >= 4 is 28.4 Å². The van der Waals surface area contributed by atoms with E-state index in [9.17, 15) is 9.59 Å². The van der Waals surface area contributed by atoms with Gasteiger partial charge in [-0.05, 0) is 31.0 Å². The lowest BCUT2D eigenvalue weighted by Crippen LogP contribution is -2.44. The van der Waals surface area contributed by atoms with Crippen LogP contribution in [0.25, 0.3) is 10.9 Å². The minimum Gasteiger partial charge on any atom is -0.399 e. The van der Waals surface area contributed by atoms with Crippen molar-refractivity contribution in [1.82, 2.24) is 9.88 Å². The Morgan fingerprint density at radius 1 is 1.33 bits per heavy atom. The first-order valence-corrected chi connectivity index (χ1v) is 7.01. The van der Waals surface area contributed by atoms with E-state index < -0.39 is 0 Å². The van der Waals surface area contributed by atoms with Crippen molar-refractivity contribution in [2.75, 3.05) is 18.8 Å². The summed E-state index contributed by atoms with van der Waals surface area (Å²) in [5, 5.41) is 0.843. The number of rotatable bonds is 2. The molecule has 2 aromatic rings. The molecule has 1 fully saturated rings. The summed E-state index contributed by atoms with van der Waals surface area (Å²) in [5.41, 5.74) is 13.2. The first-order valence-electron chi connectivity index (χ1n) is 7.01. The highest BCUT2D eigenvalue weighted by atomic mass is 16.2.